The van der Waals surface area contributed by atoms with E-state index in [1.807, 2.05) is 38.1 Å². The molecule has 0 radical (unpaired) electrons. The first-order valence-corrected chi connectivity index (χ1v) is 11.7. The minimum Gasteiger partial charge on any atom is -0.491 e. The lowest BCUT2D eigenvalue weighted by molar-refractivity contribution is -0.116. The average Bonchev–Trinajstić information content (AvgIpc) is 3.12. The Balaban J connectivity index is 1.83. The first-order chi connectivity index (χ1) is 13.9. The Kier molecular flexibility index (Phi) is 5.19. The standard InChI is InChI=1S/C22H21NO4S2/c1-14(2)27-18-11-7-6-10-16(18)17-12-20(24)23-21-19(13-28-22(17)21)29(25,26)15-8-4-3-5-9-15/h3-11,13-14,17H,12H2,1-2H3,(H,23,24)/t17-/m0/s1. The van der Waals surface area contributed by atoms with Gasteiger partial charge in [-0.1, -0.05) is 36.4 Å². The van der Waals surface area contributed by atoms with Crippen LogP contribution in [-0.2, 0) is 14.6 Å². The molecule has 2 heterocycles. The number of benzene rings is 2. The van der Waals surface area contributed by atoms with Crippen molar-refractivity contribution in [3.63, 3.8) is 0 Å². The molecular formula is C22H21NO4S2. The number of thiophene rings is 1. The third-order valence-corrected chi connectivity index (χ3v) is 7.80. The molecule has 1 atom stereocenters. The van der Waals surface area contributed by atoms with E-state index in [-0.39, 0.29) is 34.1 Å². The maximum absolute atomic E-state index is 13.2. The highest BCUT2D eigenvalue weighted by Gasteiger charge is 2.35. The van der Waals surface area contributed by atoms with E-state index in [1.165, 1.54) is 11.3 Å². The molecule has 4 rings (SSSR count). The van der Waals surface area contributed by atoms with Gasteiger partial charge in [0.25, 0.3) is 0 Å². The van der Waals surface area contributed by atoms with E-state index in [0.29, 0.717) is 11.4 Å². The number of ether oxygens (including phenoxy) is 1. The fraction of sp³-hybridized carbons (Fsp3) is 0.227. The van der Waals surface area contributed by atoms with Crippen molar-refractivity contribution >= 4 is 32.8 Å². The summed E-state index contributed by atoms with van der Waals surface area (Å²) in [6.07, 6.45) is 0.238. The number of anilines is 1. The highest BCUT2D eigenvalue weighted by atomic mass is 32.2. The van der Waals surface area contributed by atoms with Crippen LogP contribution in [0.5, 0.6) is 5.75 Å². The second-order valence-electron chi connectivity index (χ2n) is 7.17. The predicted molar refractivity (Wildman–Crippen MR) is 114 cm³/mol. The molecule has 0 spiro atoms. The van der Waals surface area contributed by atoms with Gasteiger partial charge < -0.3 is 10.1 Å². The summed E-state index contributed by atoms with van der Waals surface area (Å²) < 4.78 is 32.3. The van der Waals surface area contributed by atoms with Gasteiger partial charge in [0.05, 0.1) is 16.7 Å². The van der Waals surface area contributed by atoms with Gasteiger partial charge in [-0.25, -0.2) is 8.42 Å². The quantitative estimate of drug-likeness (QED) is 0.632. The van der Waals surface area contributed by atoms with Gasteiger partial charge in [0, 0.05) is 28.2 Å². The first kappa shape index (κ1) is 19.7. The highest BCUT2D eigenvalue weighted by Crippen LogP contribution is 2.47. The summed E-state index contributed by atoms with van der Waals surface area (Å²) in [4.78, 5) is 13.7. The van der Waals surface area contributed by atoms with E-state index in [2.05, 4.69) is 5.32 Å². The molecule has 0 bridgehead atoms. The van der Waals surface area contributed by atoms with Crippen molar-refractivity contribution < 1.29 is 17.9 Å². The van der Waals surface area contributed by atoms with E-state index >= 15 is 0 Å². The van der Waals surface area contributed by atoms with E-state index in [9.17, 15) is 13.2 Å². The zero-order valence-electron chi connectivity index (χ0n) is 16.1. The molecule has 29 heavy (non-hydrogen) atoms. The fourth-order valence-electron chi connectivity index (χ4n) is 3.51. The number of rotatable bonds is 5. The first-order valence-electron chi connectivity index (χ1n) is 9.35. The molecule has 1 aromatic heterocycles. The van der Waals surface area contributed by atoms with Crippen LogP contribution in [0.3, 0.4) is 0 Å². The van der Waals surface area contributed by atoms with Crippen molar-refractivity contribution in [2.75, 3.05) is 5.32 Å². The van der Waals surface area contributed by atoms with Crippen LogP contribution in [-0.4, -0.2) is 20.4 Å². The van der Waals surface area contributed by atoms with Crippen molar-refractivity contribution in [2.45, 2.75) is 42.1 Å². The van der Waals surface area contributed by atoms with Gasteiger partial charge in [-0.2, -0.15) is 0 Å². The third kappa shape index (κ3) is 3.68. The second-order valence-corrected chi connectivity index (χ2v) is 9.99. The van der Waals surface area contributed by atoms with Crippen LogP contribution in [0.4, 0.5) is 5.69 Å². The number of carbonyl (C=O) groups excluding carboxylic acids is 1. The summed E-state index contributed by atoms with van der Waals surface area (Å²) in [7, 11) is -3.73. The number of para-hydroxylation sites is 1. The van der Waals surface area contributed by atoms with Crippen LogP contribution >= 0.6 is 11.3 Å². The molecule has 0 saturated carbocycles. The third-order valence-electron chi connectivity index (χ3n) is 4.76. The summed E-state index contributed by atoms with van der Waals surface area (Å²) in [5.41, 5.74) is 1.28. The number of amides is 1. The fourth-order valence-corrected chi connectivity index (χ4v) is 6.43. The Morgan fingerprint density at radius 1 is 1.07 bits per heavy atom. The van der Waals surface area contributed by atoms with Gasteiger partial charge in [-0.15, -0.1) is 11.3 Å². The van der Waals surface area contributed by atoms with Gasteiger partial charge in [0.1, 0.15) is 10.6 Å². The molecule has 2 aromatic carbocycles. The van der Waals surface area contributed by atoms with Crippen molar-refractivity contribution in [3.05, 3.63) is 70.4 Å². The number of sulfone groups is 1. The van der Waals surface area contributed by atoms with Crippen molar-refractivity contribution in [1.82, 2.24) is 0 Å². The normalized spacial score (nSPS) is 16.4. The highest BCUT2D eigenvalue weighted by molar-refractivity contribution is 7.91. The van der Waals surface area contributed by atoms with Crippen LogP contribution < -0.4 is 10.1 Å². The topological polar surface area (TPSA) is 72.5 Å². The molecule has 1 aliphatic rings. The molecule has 1 aliphatic heterocycles. The average molecular weight is 428 g/mol. The number of hydrogen-bond donors (Lipinski definition) is 1. The monoisotopic (exact) mass is 427 g/mol. The van der Waals surface area contributed by atoms with Gasteiger partial charge in [-0.3, -0.25) is 4.79 Å². The molecule has 0 saturated heterocycles. The Morgan fingerprint density at radius 3 is 2.48 bits per heavy atom. The van der Waals surface area contributed by atoms with Crippen LogP contribution in [0, 0.1) is 0 Å². The summed E-state index contributed by atoms with van der Waals surface area (Å²) in [6, 6.07) is 15.9. The maximum Gasteiger partial charge on any atom is 0.225 e. The predicted octanol–water partition coefficient (Wildman–Crippen LogP) is 4.84. The van der Waals surface area contributed by atoms with Crippen molar-refractivity contribution in [2.24, 2.45) is 0 Å². The lowest BCUT2D eigenvalue weighted by Crippen LogP contribution is -2.24. The zero-order chi connectivity index (χ0) is 20.6. The molecular weight excluding hydrogens is 406 g/mol. The van der Waals surface area contributed by atoms with E-state index in [0.717, 1.165) is 10.4 Å². The Labute approximate surface area is 174 Å². The Morgan fingerprint density at radius 2 is 1.76 bits per heavy atom. The summed E-state index contributed by atoms with van der Waals surface area (Å²) in [5, 5.41) is 4.42. The van der Waals surface area contributed by atoms with E-state index < -0.39 is 9.84 Å². The molecule has 0 unspecified atom stereocenters. The molecule has 5 nitrogen and oxygen atoms in total. The minimum atomic E-state index is -3.73. The molecule has 7 heteroatoms. The molecule has 3 aromatic rings. The number of fused-ring (bicyclic) bond motifs is 1. The lowest BCUT2D eigenvalue weighted by atomic mass is 9.90. The van der Waals surface area contributed by atoms with Crippen LogP contribution in [0.1, 0.15) is 36.6 Å². The van der Waals surface area contributed by atoms with Crippen LogP contribution in [0.2, 0.25) is 0 Å². The van der Waals surface area contributed by atoms with Crippen molar-refractivity contribution in [1.29, 1.82) is 0 Å². The Bertz CT molecular complexity index is 1150. The SMILES string of the molecule is CC(C)Oc1ccccc1[C@@H]1CC(=O)Nc2c(S(=O)(=O)c3ccccc3)csc21. The Hall–Kier alpha value is -2.64. The summed E-state index contributed by atoms with van der Waals surface area (Å²) >= 11 is 1.36. The smallest absolute Gasteiger partial charge is 0.225 e. The zero-order valence-corrected chi connectivity index (χ0v) is 17.7. The van der Waals surface area contributed by atoms with E-state index in [4.69, 9.17) is 4.74 Å². The van der Waals surface area contributed by atoms with Gasteiger partial charge >= 0.3 is 0 Å². The van der Waals surface area contributed by atoms with Gasteiger partial charge in [0.15, 0.2) is 0 Å². The molecule has 150 valence electrons. The maximum atomic E-state index is 13.2. The second kappa shape index (κ2) is 7.65. The number of nitrogens with one attached hydrogen (secondary N) is 1. The number of hydrogen-bond acceptors (Lipinski definition) is 5. The minimum absolute atomic E-state index is 0.00890. The molecule has 1 amide bonds. The molecule has 0 fully saturated rings. The van der Waals surface area contributed by atoms with Crippen LogP contribution in [0.25, 0.3) is 0 Å². The largest absolute Gasteiger partial charge is 0.491 e. The lowest BCUT2D eigenvalue weighted by Gasteiger charge is -2.26. The molecule has 0 aliphatic carbocycles. The summed E-state index contributed by atoms with van der Waals surface area (Å²) in [5.74, 6) is 0.261. The van der Waals surface area contributed by atoms with Gasteiger partial charge in [-0.05, 0) is 32.0 Å². The summed E-state index contributed by atoms with van der Waals surface area (Å²) in [6.45, 7) is 3.90. The van der Waals surface area contributed by atoms with Crippen LogP contribution in [0.15, 0.2) is 69.8 Å². The van der Waals surface area contributed by atoms with Crippen molar-refractivity contribution in [3.8, 4) is 5.75 Å². The van der Waals surface area contributed by atoms with Gasteiger partial charge in [0.2, 0.25) is 15.7 Å². The number of carbonyl (C=O) groups is 1. The molecule has 1 N–H and O–H groups in total. The van der Waals surface area contributed by atoms with E-state index in [1.54, 1.807) is 35.7 Å².